The van der Waals surface area contributed by atoms with Crippen molar-refractivity contribution >= 4 is 52.0 Å². The molecule has 0 radical (unpaired) electrons. The SMILES string of the molecule is CSc1ccc(OCc2cccc(C=C3SC(=S)NC3=O)c2)cc1. The number of carbonyl (C=O) groups is 1. The third-order valence-electron chi connectivity index (χ3n) is 3.36. The van der Waals surface area contributed by atoms with Crippen molar-refractivity contribution in [2.75, 3.05) is 6.26 Å². The van der Waals surface area contributed by atoms with Crippen molar-refractivity contribution in [2.24, 2.45) is 0 Å². The van der Waals surface area contributed by atoms with Gasteiger partial charge in [-0.1, -0.05) is 42.2 Å². The van der Waals surface area contributed by atoms with Crippen molar-refractivity contribution in [3.63, 3.8) is 0 Å². The van der Waals surface area contributed by atoms with Gasteiger partial charge in [0, 0.05) is 4.90 Å². The molecule has 0 atom stereocenters. The maximum Gasteiger partial charge on any atom is 0.263 e. The fraction of sp³-hybridized carbons (Fsp3) is 0.111. The monoisotopic (exact) mass is 373 g/mol. The van der Waals surface area contributed by atoms with E-state index in [0.717, 1.165) is 16.9 Å². The number of amides is 1. The van der Waals surface area contributed by atoms with Crippen LogP contribution in [-0.2, 0) is 11.4 Å². The minimum absolute atomic E-state index is 0.138. The molecular weight excluding hydrogens is 358 g/mol. The lowest BCUT2D eigenvalue weighted by molar-refractivity contribution is -0.115. The summed E-state index contributed by atoms with van der Waals surface area (Å²) in [7, 11) is 0. The van der Waals surface area contributed by atoms with E-state index in [9.17, 15) is 4.79 Å². The summed E-state index contributed by atoms with van der Waals surface area (Å²) in [4.78, 5) is 13.5. The van der Waals surface area contributed by atoms with Crippen LogP contribution in [0.1, 0.15) is 11.1 Å². The van der Waals surface area contributed by atoms with Crippen LogP contribution in [0.5, 0.6) is 5.75 Å². The lowest BCUT2D eigenvalue weighted by atomic mass is 10.1. The predicted octanol–water partition coefficient (Wildman–Crippen LogP) is 4.48. The Kier molecular flexibility index (Phi) is 5.60. The molecule has 0 spiro atoms. The van der Waals surface area contributed by atoms with Crippen molar-refractivity contribution in [2.45, 2.75) is 11.5 Å². The molecule has 122 valence electrons. The summed E-state index contributed by atoms with van der Waals surface area (Å²) in [5, 5.41) is 2.62. The topological polar surface area (TPSA) is 38.3 Å². The summed E-state index contributed by atoms with van der Waals surface area (Å²) < 4.78 is 6.32. The van der Waals surface area contributed by atoms with E-state index in [-0.39, 0.29) is 5.91 Å². The highest BCUT2D eigenvalue weighted by molar-refractivity contribution is 8.26. The van der Waals surface area contributed by atoms with Gasteiger partial charge in [0.25, 0.3) is 5.91 Å². The van der Waals surface area contributed by atoms with Gasteiger partial charge in [0.1, 0.15) is 16.7 Å². The first-order valence-electron chi connectivity index (χ1n) is 7.25. The van der Waals surface area contributed by atoms with Crippen molar-refractivity contribution in [1.82, 2.24) is 5.32 Å². The molecule has 3 nitrogen and oxygen atoms in total. The second-order valence-electron chi connectivity index (χ2n) is 5.06. The van der Waals surface area contributed by atoms with Crippen LogP contribution in [-0.4, -0.2) is 16.5 Å². The second-order valence-corrected chi connectivity index (χ2v) is 7.66. The number of ether oxygens (including phenoxy) is 1. The van der Waals surface area contributed by atoms with Gasteiger partial charge in [-0.05, 0) is 53.8 Å². The van der Waals surface area contributed by atoms with Crippen LogP contribution in [0.4, 0.5) is 0 Å². The molecule has 24 heavy (non-hydrogen) atoms. The zero-order valence-corrected chi connectivity index (χ0v) is 15.4. The Labute approximate surface area is 154 Å². The molecule has 1 amide bonds. The molecule has 1 aliphatic heterocycles. The number of nitrogens with one attached hydrogen (secondary N) is 1. The molecule has 0 aromatic heterocycles. The third kappa shape index (κ3) is 4.41. The van der Waals surface area contributed by atoms with Gasteiger partial charge in [0.2, 0.25) is 0 Å². The number of hydrogen-bond donors (Lipinski definition) is 1. The normalized spacial score (nSPS) is 15.6. The van der Waals surface area contributed by atoms with Crippen LogP contribution < -0.4 is 10.1 Å². The molecule has 1 N–H and O–H groups in total. The minimum Gasteiger partial charge on any atom is -0.489 e. The van der Waals surface area contributed by atoms with Crippen LogP contribution in [0.15, 0.2) is 58.3 Å². The van der Waals surface area contributed by atoms with Crippen LogP contribution in [0, 0.1) is 0 Å². The van der Waals surface area contributed by atoms with E-state index in [1.165, 1.54) is 16.7 Å². The van der Waals surface area contributed by atoms with Crippen molar-refractivity contribution in [1.29, 1.82) is 0 Å². The van der Waals surface area contributed by atoms with Gasteiger partial charge >= 0.3 is 0 Å². The maximum absolute atomic E-state index is 11.7. The Hall–Kier alpha value is -1.76. The Morgan fingerprint density at radius 1 is 1.25 bits per heavy atom. The largest absolute Gasteiger partial charge is 0.489 e. The van der Waals surface area contributed by atoms with Crippen LogP contribution in [0.3, 0.4) is 0 Å². The average molecular weight is 374 g/mol. The van der Waals surface area contributed by atoms with Gasteiger partial charge in [-0.25, -0.2) is 0 Å². The fourth-order valence-corrected chi connectivity index (χ4v) is 3.64. The lowest BCUT2D eigenvalue weighted by Gasteiger charge is -2.07. The van der Waals surface area contributed by atoms with E-state index in [2.05, 4.69) is 5.32 Å². The summed E-state index contributed by atoms with van der Waals surface area (Å²) in [5.74, 6) is 0.702. The zero-order chi connectivity index (χ0) is 16.9. The van der Waals surface area contributed by atoms with Gasteiger partial charge in [-0.2, -0.15) is 0 Å². The molecule has 3 rings (SSSR count). The van der Waals surface area contributed by atoms with E-state index in [1.54, 1.807) is 11.8 Å². The lowest BCUT2D eigenvalue weighted by Crippen LogP contribution is -2.17. The van der Waals surface area contributed by atoms with Crippen molar-refractivity contribution in [3.8, 4) is 5.75 Å². The Morgan fingerprint density at radius 2 is 2.04 bits per heavy atom. The first-order chi connectivity index (χ1) is 11.6. The molecule has 0 unspecified atom stereocenters. The highest BCUT2D eigenvalue weighted by Crippen LogP contribution is 2.26. The fourth-order valence-electron chi connectivity index (χ4n) is 2.18. The summed E-state index contributed by atoms with van der Waals surface area (Å²) in [6, 6.07) is 16.0. The average Bonchev–Trinajstić information content (AvgIpc) is 2.91. The predicted molar refractivity (Wildman–Crippen MR) is 105 cm³/mol. The van der Waals surface area contributed by atoms with E-state index >= 15 is 0 Å². The van der Waals surface area contributed by atoms with Gasteiger partial charge in [-0.3, -0.25) is 4.79 Å². The standard InChI is InChI=1S/C18H15NO2S3/c1-23-15-7-5-14(6-8-15)21-11-13-4-2-3-12(9-13)10-16-17(20)19-18(22)24-16/h2-10H,11H2,1H3,(H,19,20,22). The molecule has 2 aromatic carbocycles. The smallest absolute Gasteiger partial charge is 0.263 e. The molecule has 2 aromatic rings. The summed E-state index contributed by atoms with van der Waals surface area (Å²) in [5.41, 5.74) is 2.00. The molecular formula is C18H15NO2S3. The minimum atomic E-state index is -0.138. The van der Waals surface area contributed by atoms with Crippen molar-refractivity contribution < 1.29 is 9.53 Å². The first-order valence-corrected chi connectivity index (χ1v) is 9.69. The van der Waals surface area contributed by atoms with Crippen LogP contribution in [0.2, 0.25) is 0 Å². The van der Waals surface area contributed by atoms with E-state index in [1.807, 2.05) is 60.9 Å². The van der Waals surface area contributed by atoms with Gasteiger partial charge in [0.15, 0.2) is 0 Å². The van der Waals surface area contributed by atoms with Gasteiger partial charge < -0.3 is 10.1 Å². The molecule has 1 aliphatic rings. The Bertz CT molecular complexity index is 800. The molecule has 6 heteroatoms. The summed E-state index contributed by atoms with van der Waals surface area (Å²) in [6.45, 7) is 0.480. The van der Waals surface area contributed by atoms with Crippen LogP contribution in [0.25, 0.3) is 6.08 Å². The van der Waals surface area contributed by atoms with E-state index < -0.39 is 0 Å². The van der Waals surface area contributed by atoms with Crippen LogP contribution >= 0.6 is 35.7 Å². The van der Waals surface area contributed by atoms with E-state index in [4.69, 9.17) is 17.0 Å². The summed E-state index contributed by atoms with van der Waals surface area (Å²) in [6.07, 6.45) is 3.89. The number of rotatable bonds is 5. The maximum atomic E-state index is 11.7. The van der Waals surface area contributed by atoms with Gasteiger partial charge in [-0.15, -0.1) is 11.8 Å². The highest BCUT2D eigenvalue weighted by Gasteiger charge is 2.21. The molecule has 1 saturated heterocycles. The second kappa shape index (κ2) is 7.88. The Morgan fingerprint density at radius 3 is 2.71 bits per heavy atom. The molecule has 0 bridgehead atoms. The summed E-state index contributed by atoms with van der Waals surface area (Å²) >= 11 is 7.99. The molecule has 1 heterocycles. The number of hydrogen-bond acceptors (Lipinski definition) is 5. The first kappa shape index (κ1) is 17.1. The van der Waals surface area contributed by atoms with Crippen molar-refractivity contribution in [3.05, 3.63) is 64.6 Å². The molecule has 0 saturated carbocycles. The third-order valence-corrected chi connectivity index (χ3v) is 5.26. The molecule has 1 fully saturated rings. The number of thiocarbonyl (C=S) groups is 1. The highest BCUT2D eigenvalue weighted by atomic mass is 32.2. The zero-order valence-electron chi connectivity index (χ0n) is 12.9. The molecule has 0 aliphatic carbocycles. The van der Waals surface area contributed by atoms with E-state index in [0.29, 0.717) is 15.8 Å². The Balaban J connectivity index is 1.68. The quantitative estimate of drug-likeness (QED) is 0.475. The number of thioether (sulfide) groups is 2. The number of carbonyl (C=O) groups excluding carboxylic acids is 1. The number of benzene rings is 2. The van der Waals surface area contributed by atoms with Gasteiger partial charge in [0.05, 0.1) is 4.91 Å².